The van der Waals surface area contributed by atoms with Crippen LogP contribution in [-0.2, 0) is 4.79 Å². The molecule has 1 aliphatic rings. The van der Waals surface area contributed by atoms with Crippen molar-refractivity contribution in [3.8, 4) is 0 Å². The van der Waals surface area contributed by atoms with Crippen molar-refractivity contribution in [1.29, 1.82) is 0 Å². The molecule has 0 unspecified atom stereocenters. The van der Waals surface area contributed by atoms with Crippen LogP contribution in [0.4, 0.5) is 0 Å². The van der Waals surface area contributed by atoms with Crippen LogP contribution in [0.1, 0.15) is 46.5 Å². The largest absolute Gasteiger partial charge is 0.353 e. The van der Waals surface area contributed by atoms with E-state index in [2.05, 4.69) is 17.6 Å². The van der Waals surface area contributed by atoms with Crippen LogP contribution in [0.2, 0.25) is 0 Å². The molecule has 0 heterocycles. The number of hydrogen-bond donors (Lipinski definition) is 2. The van der Waals surface area contributed by atoms with Gasteiger partial charge >= 0.3 is 0 Å². The second-order valence-electron chi connectivity index (χ2n) is 4.94. The van der Waals surface area contributed by atoms with Crippen molar-refractivity contribution in [1.82, 2.24) is 10.6 Å². The topological polar surface area (TPSA) is 41.1 Å². The van der Waals surface area contributed by atoms with E-state index in [0.717, 1.165) is 5.92 Å². The van der Waals surface area contributed by atoms with Crippen LogP contribution in [-0.4, -0.2) is 24.5 Å². The number of rotatable bonds is 5. The van der Waals surface area contributed by atoms with Crippen molar-refractivity contribution in [2.45, 2.75) is 58.5 Å². The van der Waals surface area contributed by atoms with Gasteiger partial charge in [0, 0.05) is 12.1 Å². The second-order valence-corrected chi connectivity index (χ2v) is 4.94. The number of hydrogen-bond acceptors (Lipinski definition) is 2. The summed E-state index contributed by atoms with van der Waals surface area (Å²) < 4.78 is 0. The number of carbonyl (C=O) groups excluding carboxylic acids is 1. The molecule has 1 aliphatic carbocycles. The first-order chi connectivity index (χ1) is 7.09. The Kier molecular flexibility index (Phi) is 5.09. The Balaban J connectivity index is 2.15. The zero-order valence-electron chi connectivity index (χ0n) is 10.2. The van der Waals surface area contributed by atoms with Gasteiger partial charge in [0.15, 0.2) is 0 Å². The highest BCUT2D eigenvalue weighted by Crippen LogP contribution is 2.27. The van der Waals surface area contributed by atoms with E-state index in [1.807, 2.05) is 13.8 Å². The first-order valence-electron chi connectivity index (χ1n) is 6.12. The normalized spacial score (nSPS) is 19.5. The van der Waals surface area contributed by atoms with E-state index in [1.165, 1.54) is 25.7 Å². The second kappa shape index (κ2) is 6.11. The van der Waals surface area contributed by atoms with E-state index in [9.17, 15) is 4.79 Å². The molecule has 15 heavy (non-hydrogen) atoms. The molecule has 3 nitrogen and oxygen atoms in total. The third kappa shape index (κ3) is 4.65. The zero-order valence-corrected chi connectivity index (χ0v) is 10.2. The standard InChI is InChI=1S/C12H24N2O/c1-9(2)14-12(15)8-13-10(3)11-6-4-5-7-11/h9-11,13H,4-8H2,1-3H3,(H,14,15)/t10-/m0/s1. The molecule has 2 N–H and O–H groups in total. The molecule has 1 rings (SSSR count). The van der Waals surface area contributed by atoms with E-state index < -0.39 is 0 Å². The molecule has 0 spiro atoms. The van der Waals surface area contributed by atoms with Crippen LogP contribution in [0.3, 0.4) is 0 Å². The average Bonchev–Trinajstić information content (AvgIpc) is 2.65. The lowest BCUT2D eigenvalue weighted by molar-refractivity contribution is -0.120. The van der Waals surface area contributed by atoms with Crippen molar-refractivity contribution in [2.24, 2.45) is 5.92 Å². The smallest absolute Gasteiger partial charge is 0.234 e. The molecule has 1 fully saturated rings. The highest BCUT2D eigenvalue weighted by Gasteiger charge is 2.21. The summed E-state index contributed by atoms with van der Waals surface area (Å²) in [6, 6.07) is 0.714. The summed E-state index contributed by atoms with van der Waals surface area (Å²) in [6.45, 7) is 6.62. The molecule has 0 aromatic heterocycles. The average molecular weight is 212 g/mol. The van der Waals surface area contributed by atoms with E-state index >= 15 is 0 Å². The summed E-state index contributed by atoms with van der Waals surface area (Å²) in [5.74, 6) is 0.881. The molecule has 0 bridgehead atoms. The van der Waals surface area contributed by atoms with Crippen LogP contribution < -0.4 is 10.6 Å². The van der Waals surface area contributed by atoms with E-state index in [1.54, 1.807) is 0 Å². The Labute approximate surface area is 93.0 Å². The van der Waals surface area contributed by atoms with Gasteiger partial charge in [-0.15, -0.1) is 0 Å². The van der Waals surface area contributed by atoms with Crippen LogP contribution >= 0.6 is 0 Å². The predicted molar refractivity (Wildman–Crippen MR) is 62.7 cm³/mol. The highest BCUT2D eigenvalue weighted by molar-refractivity contribution is 5.78. The maximum atomic E-state index is 11.4. The van der Waals surface area contributed by atoms with Crippen molar-refractivity contribution >= 4 is 5.91 Å². The van der Waals surface area contributed by atoms with Gasteiger partial charge in [0.05, 0.1) is 6.54 Å². The molecule has 1 saturated carbocycles. The van der Waals surface area contributed by atoms with Gasteiger partial charge in [0.1, 0.15) is 0 Å². The van der Waals surface area contributed by atoms with Gasteiger partial charge in [0.25, 0.3) is 0 Å². The maximum Gasteiger partial charge on any atom is 0.234 e. The predicted octanol–water partition coefficient (Wildman–Crippen LogP) is 1.68. The van der Waals surface area contributed by atoms with Gasteiger partial charge in [0.2, 0.25) is 5.91 Å². The molecule has 0 radical (unpaired) electrons. The fourth-order valence-electron chi connectivity index (χ4n) is 2.25. The van der Waals surface area contributed by atoms with E-state index in [0.29, 0.717) is 12.6 Å². The monoisotopic (exact) mass is 212 g/mol. The lowest BCUT2D eigenvalue weighted by Gasteiger charge is -2.20. The Morgan fingerprint density at radius 3 is 2.40 bits per heavy atom. The van der Waals surface area contributed by atoms with Crippen molar-refractivity contribution in [2.75, 3.05) is 6.54 Å². The van der Waals surface area contributed by atoms with Crippen LogP contribution in [0, 0.1) is 5.92 Å². The van der Waals surface area contributed by atoms with Gasteiger partial charge in [-0.25, -0.2) is 0 Å². The molecule has 1 atom stereocenters. The third-order valence-corrected chi connectivity index (χ3v) is 3.14. The summed E-state index contributed by atoms with van der Waals surface area (Å²) in [4.78, 5) is 11.4. The minimum absolute atomic E-state index is 0.106. The molecule has 3 heteroatoms. The Bertz CT molecular complexity index is 198. The molecule has 1 amide bonds. The van der Waals surface area contributed by atoms with E-state index in [-0.39, 0.29) is 11.9 Å². The number of carbonyl (C=O) groups is 1. The number of nitrogens with one attached hydrogen (secondary N) is 2. The summed E-state index contributed by atoms with van der Waals surface area (Å²) in [5, 5.41) is 6.20. The lowest BCUT2D eigenvalue weighted by atomic mass is 10.00. The first-order valence-corrected chi connectivity index (χ1v) is 6.12. The van der Waals surface area contributed by atoms with Crippen molar-refractivity contribution < 1.29 is 4.79 Å². The fourth-order valence-corrected chi connectivity index (χ4v) is 2.25. The summed E-state index contributed by atoms with van der Waals surface area (Å²) in [6.07, 6.45) is 5.35. The Morgan fingerprint density at radius 1 is 1.27 bits per heavy atom. The third-order valence-electron chi connectivity index (χ3n) is 3.14. The lowest BCUT2D eigenvalue weighted by Crippen LogP contribution is -2.42. The van der Waals surface area contributed by atoms with Gasteiger partial charge in [-0.1, -0.05) is 12.8 Å². The summed E-state index contributed by atoms with van der Waals surface area (Å²) >= 11 is 0. The molecular weight excluding hydrogens is 188 g/mol. The molecular formula is C12H24N2O. The Morgan fingerprint density at radius 2 is 1.87 bits per heavy atom. The van der Waals surface area contributed by atoms with Crippen LogP contribution in [0.25, 0.3) is 0 Å². The Hall–Kier alpha value is -0.570. The summed E-state index contributed by atoms with van der Waals surface area (Å²) in [5.41, 5.74) is 0. The van der Waals surface area contributed by atoms with Crippen LogP contribution in [0.15, 0.2) is 0 Å². The highest BCUT2D eigenvalue weighted by atomic mass is 16.1. The first kappa shape index (κ1) is 12.5. The molecule has 0 aromatic rings. The fraction of sp³-hybridized carbons (Fsp3) is 0.917. The van der Waals surface area contributed by atoms with Gasteiger partial charge in [-0.2, -0.15) is 0 Å². The minimum atomic E-state index is 0.106. The van der Waals surface area contributed by atoms with Gasteiger partial charge in [-0.05, 0) is 39.5 Å². The molecule has 0 saturated heterocycles. The SMILES string of the molecule is CC(C)NC(=O)CN[C@@H](C)C1CCCC1. The van der Waals surface area contributed by atoms with Gasteiger partial charge < -0.3 is 10.6 Å². The maximum absolute atomic E-state index is 11.4. The van der Waals surface area contributed by atoms with Crippen molar-refractivity contribution in [3.63, 3.8) is 0 Å². The summed E-state index contributed by atoms with van der Waals surface area (Å²) in [7, 11) is 0. The van der Waals surface area contributed by atoms with Gasteiger partial charge in [-0.3, -0.25) is 4.79 Å². The van der Waals surface area contributed by atoms with Crippen LogP contribution in [0.5, 0.6) is 0 Å². The van der Waals surface area contributed by atoms with E-state index in [4.69, 9.17) is 0 Å². The molecule has 0 aliphatic heterocycles. The number of amides is 1. The molecule has 0 aromatic carbocycles. The van der Waals surface area contributed by atoms with Crippen molar-refractivity contribution in [3.05, 3.63) is 0 Å². The zero-order chi connectivity index (χ0) is 11.3. The molecule has 88 valence electrons. The quantitative estimate of drug-likeness (QED) is 0.728. The minimum Gasteiger partial charge on any atom is -0.353 e.